The third kappa shape index (κ3) is 3.20. The average molecular weight is 329 g/mol. The first-order valence-electron chi connectivity index (χ1n) is 6.86. The van der Waals surface area contributed by atoms with Crippen LogP contribution in [0.5, 0.6) is 0 Å². The van der Waals surface area contributed by atoms with Crippen LogP contribution in [0.3, 0.4) is 0 Å². The molecule has 0 radical (unpaired) electrons. The molecule has 0 N–H and O–H groups in total. The molecule has 0 unspecified atom stereocenters. The summed E-state index contributed by atoms with van der Waals surface area (Å²) < 4.78 is 26.6. The van der Waals surface area contributed by atoms with Crippen molar-refractivity contribution in [2.45, 2.75) is 19.4 Å². The molecule has 6 nitrogen and oxygen atoms in total. The molecule has 1 fully saturated rings. The van der Waals surface area contributed by atoms with Crippen LogP contribution in [0.4, 0.5) is 0 Å². The molecule has 0 aromatic carbocycles. The Kier molecular flexibility index (Phi) is 3.90. The molecule has 1 saturated heterocycles. The Hall–Kier alpha value is -1.18. The molecule has 2 aromatic heterocycles. The van der Waals surface area contributed by atoms with Gasteiger partial charge in [-0.1, -0.05) is 11.6 Å². The van der Waals surface area contributed by atoms with E-state index in [1.807, 2.05) is 12.3 Å². The summed E-state index contributed by atoms with van der Waals surface area (Å²) in [5, 5.41) is 9.39. The van der Waals surface area contributed by atoms with E-state index in [0.29, 0.717) is 24.2 Å². The maximum Gasteiger partial charge on any atom is 0.211 e. The number of rotatable bonds is 3. The van der Waals surface area contributed by atoms with Crippen LogP contribution in [0.15, 0.2) is 18.3 Å². The Morgan fingerprint density at radius 1 is 1.33 bits per heavy atom. The van der Waals surface area contributed by atoms with Crippen LogP contribution in [0.25, 0.3) is 11.0 Å². The smallest absolute Gasteiger partial charge is 0.211 e. The summed E-state index contributed by atoms with van der Waals surface area (Å²) >= 11 is 5.83. The van der Waals surface area contributed by atoms with Gasteiger partial charge < -0.3 is 4.57 Å². The van der Waals surface area contributed by atoms with Crippen LogP contribution in [0.1, 0.15) is 12.8 Å². The highest BCUT2D eigenvalue weighted by atomic mass is 35.5. The number of aromatic nitrogens is 3. The zero-order chi connectivity index (χ0) is 15.0. The van der Waals surface area contributed by atoms with Gasteiger partial charge in [0.2, 0.25) is 10.0 Å². The molecular weight excluding hydrogens is 312 g/mol. The van der Waals surface area contributed by atoms with Crippen molar-refractivity contribution in [1.82, 2.24) is 19.1 Å². The minimum atomic E-state index is -3.06. The normalized spacial score (nSPS) is 18.4. The van der Waals surface area contributed by atoms with E-state index in [9.17, 15) is 8.42 Å². The van der Waals surface area contributed by atoms with Gasteiger partial charge in [0, 0.05) is 31.2 Å². The Morgan fingerprint density at radius 2 is 2.05 bits per heavy atom. The van der Waals surface area contributed by atoms with Crippen molar-refractivity contribution in [3.05, 3.63) is 23.5 Å². The summed E-state index contributed by atoms with van der Waals surface area (Å²) in [6.45, 7) is 2.03. The molecule has 114 valence electrons. The van der Waals surface area contributed by atoms with E-state index >= 15 is 0 Å². The highest BCUT2D eigenvalue weighted by Gasteiger charge is 2.25. The van der Waals surface area contributed by atoms with Crippen LogP contribution in [0, 0.1) is 5.92 Å². The minimum absolute atomic E-state index is 0.390. The zero-order valence-electron chi connectivity index (χ0n) is 11.7. The lowest BCUT2D eigenvalue weighted by atomic mass is 9.98. The molecule has 2 aromatic rings. The van der Waals surface area contributed by atoms with Crippen LogP contribution in [-0.2, 0) is 16.6 Å². The van der Waals surface area contributed by atoms with Gasteiger partial charge in [0.15, 0.2) is 10.8 Å². The second-order valence-electron chi connectivity index (χ2n) is 5.52. The number of nitrogens with zero attached hydrogens (tertiary/aromatic N) is 4. The van der Waals surface area contributed by atoms with Gasteiger partial charge in [-0.2, -0.15) is 0 Å². The Morgan fingerprint density at radius 3 is 2.71 bits per heavy atom. The molecule has 3 rings (SSSR count). The van der Waals surface area contributed by atoms with Crippen molar-refractivity contribution in [1.29, 1.82) is 0 Å². The molecule has 0 aliphatic carbocycles. The van der Waals surface area contributed by atoms with Crippen LogP contribution < -0.4 is 0 Å². The summed E-state index contributed by atoms with van der Waals surface area (Å²) in [7, 11) is -3.06. The standard InChI is InChI=1S/C13H17ClN4O2S/c1-21(19,20)18-6-2-10(3-7-18)9-17-5-4-11-8-12(14)15-16-13(11)17/h4-5,8,10H,2-3,6-7,9H2,1H3. The van der Waals surface area contributed by atoms with E-state index < -0.39 is 10.0 Å². The lowest BCUT2D eigenvalue weighted by Gasteiger charge is -2.30. The molecule has 0 amide bonds. The third-order valence-corrected chi connectivity index (χ3v) is 5.46. The average Bonchev–Trinajstić information content (AvgIpc) is 2.80. The number of halogens is 1. The fourth-order valence-electron chi connectivity index (χ4n) is 2.81. The van der Waals surface area contributed by atoms with Crippen molar-refractivity contribution in [2.75, 3.05) is 19.3 Å². The highest BCUT2D eigenvalue weighted by Crippen LogP contribution is 2.23. The molecule has 8 heteroatoms. The third-order valence-electron chi connectivity index (χ3n) is 3.98. The van der Waals surface area contributed by atoms with Gasteiger partial charge in [0.1, 0.15) is 0 Å². The van der Waals surface area contributed by atoms with E-state index in [0.717, 1.165) is 30.4 Å². The molecule has 0 atom stereocenters. The van der Waals surface area contributed by atoms with Crippen molar-refractivity contribution in [3.8, 4) is 0 Å². The first-order valence-corrected chi connectivity index (χ1v) is 9.09. The largest absolute Gasteiger partial charge is 0.331 e. The maximum atomic E-state index is 11.5. The van der Waals surface area contributed by atoms with Gasteiger partial charge in [0.05, 0.1) is 6.26 Å². The summed E-state index contributed by atoms with van der Waals surface area (Å²) in [4.78, 5) is 0. The predicted molar refractivity (Wildman–Crippen MR) is 81.7 cm³/mol. The van der Waals surface area contributed by atoms with Gasteiger partial charge in [-0.3, -0.25) is 0 Å². The van der Waals surface area contributed by atoms with Gasteiger partial charge in [-0.05, 0) is 30.9 Å². The Balaban J connectivity index is 1.70. The van der Waals surface area contributed by atoms with Crippen LogP contribution >= 0.6 is 11.6 Å². The van der Waals surface area contributed by atoms with Crippen LogP contribution in [0.2, 0.25) is 5.15 Å². The van der Waals surface area contributed by atoms with E-state index in [1.165, 1.54) is 6.26 Å². The lowest BCUT2D eigenvalue weighted by Crippen LogP contribution is -2.38. The maximum absolute atomic E-state index is 11.5. The van der Waals surface area contributed by atoms with Crippen molar-refractivity contribution < 1.29 is 8.42 Å². The number of sulfonamides is 1. The molecule has 1 aliphatic heterocycles. The van der Waals surface area contributed by atoms with Gasteiger partial charge >= 0.3 is 0 Å². The van der Waals surface area contributed by atoms with Crippen molar-refractivity contribution in [2.24, 2.45) is 5.92 Å². The molecule has 0 saturated carbocycles. The fourth-order valence-corrected chi connectivity index (χ4v) is 3.84. The number of hydrogen-bond acceptors (Lipinski definition) is 4. The van der Waals surface area contributed by atoms with Crippen molar-refractivity contribution in [3.63, 3.8) is 0 Å². The van der Waals surface area contributed by atoms with Gasteiger partial charge in [-0.25, -0.2) is 12.7 Å². The monoisotopic (exact) mass is 328 g/mol. The molecular formula is C13H17ClN4O2S. The number of hydrogen-bond donors (Lipinski definition) is 0. The molecule has 3 heterocycles. The van der Waals surface area contributed by atoms with Crippen molar-refractivity contribution >= 4 is 32.7 Å². The molecule has 0 bridgehead atoms. The lowest BCUT2D eigenvalue weighted by molar-refractivity contribution is 0.255. The van der Waals surface area contributed by atoms with Crippen LogP contribution in [-0.4, -0.2) is 46.8 Å². The summed E-state index contributed by atoms with van der Waals surface area (Å²) in [5.74, 6) is 0.455. The summed E-state index contributed by atoms with van der Waals surface area (Å²) in [6, 6.07) is 3.77. The van der Waals surface area contributed by atoms with Gasteiger partial charge in [-0.15, -0.1) is 10.2 Å². The summed E-state index contributed by atoms with van der Waals surface area (Å²) in [6.07, 6.45) is 4.99. The Bertz CT molecular complexity index is 751. The molecule has 0 spiro atoms. The first kappa shape index (κ1) is 14.7. The van der Waals surface area contributed by atoms with E-state index in [1.54, 1.807) is 10.4 Å². The second kappa shape index (κ2) is 5.55. The quantitative estimate of drug-likeness (QED) is 0.861. The second-order valence-corrected chi connectivity index (χ2v) is 7.89. The topological polar surface area (TPSA) is 68.1 Å². The predicted octanol–water partition coefficient (Wildman–Crippen LogP) is 1.76. The number of piperidine rings is 1. The van der Waals surface area contributed by atoms with E-state index in [-0.39, 0.29) is 0 Å². The molecule has 21 heavy (non-hydrogen) atoms. The SMILES string of the molecule is CS(=O)(=O)N1CCC(Cn2ccc3cc(Cl)nnc32)CC1. The Labute approximate surface area is 128 Å². The highest BCUT2D eigenvalue weighted by molar-refractivity contribution is 7.88. The van der Waals surface area contributed by atoms with Gasteiger partial charge in [0.25, 0.3) is 0 Å². The summed E-state index contributed by atoms with van der Waals surface area (Å²) in [5.41, 5.74) is 0.824. The molecule has 1 aliphatic rings. The van der Waals surface area contributed by atoms with E-state index in [4.69, 9.17) is 11.6 Å². The first-order chi connectivity index (χ1) is 9.93. The number of fused-ring (bicyclic) bond motifs is 1. The zero-order valence-corrected chi connectivity index (χ0v) is 13.3. The fraction of sp³-hybridized carbons (Fsp3) is 0.538. The minimum Gasteiger partial charge on any atom is -0.331 e. The van der Waals surface area contributed by atoms with E-state index in [2.05, 4.69) is 14.8 Å².